The van der Waals surface area contributed by atoms with Gasteiger partial charge in [-0.25, -0.2) is 17.9 Å². The van der Waals surface area contributed by atoms with E-state index in [2.05, 4.69) is 17.0 Å². The van der Waals surface area contributed by atoms with Crippen molar-refractivity contribution in [1.82, 2.24) is 14.9 Å². The number of sulfonamides is 1. The van der Waals surface area contributed by atoms with E-state index >= 15 is 0 Å². The van der Waals surface area contributed by atoms with Gasteiger partial charge in [0.2, 0.25) is 16.4 Å². The second-order valence-electron chi connectivity index (χ2n) is 11.9. The summed E-state index contributed by atoms with van der Waals surface area (Å²) in [4.78, 5) is 28.8. The molecule has 2 aromatic rings. The third-order valence-corrected chi connectivity index (χ3v) is 12.2. The summed E-state index contributed by atoms with van der Waals surface area (Å²) in [6.45, 7) is 5.08. The lowest BCUT2D eigenvalue weighted by Crippen LogP contribution is -2.35. The summed E-state index contributed by atoms with van der Waals surface area (Å²) in [6.07, 6.45) is 13.5. The van der Waals surface area contributed by atoms with Gasteiger partial charge in [0.1, 0.15) is 0 Å². The highest BCUT2D eigenvalue weighted by molar-refractivity contribution is 8.78. The number of benzene rings is 2. The Morgan fingerprint density at radius 3 is 2.23 bits per heavy atom. The van der Waals surface area contributed by atoms with Crippen molar-refractivity contribution in [2.75, 3.05) is 57.5 Å². The standard InChI is InChI=1S/C35H57N5O5S3/c1-5-6-7-8-9-10-11-12-13-14-27-46-47-33(29(2)40(28-41)25-22-36)21-26-45-35(42)37-23-24-38-48(43,44)34-20-16-17-30-31(34)18-15-19-32(30)39(3)4/h15-20,28,38H,5-14,21-27,36H2,1-4H3,(H,37,42)/b33-29-. The van der Waals surface area contributed by atoms with Crippen LogP contribution in [-0.2, 0) is 19.6 Å². The Morgan fingerprint density at radius 2 is 1.58 bits per heavy atom. The summed E-state index contributed by atoms with van der Waals surface area (Å²) in [5, 5.41) is 4.08. The average molecular weight is 724 g/mol. The van der Waals surface area contributed by atoms with Gasteiger partial charge in [-0.05, 0) is 25.5 Å². The molecule has 13 heteroatoms. The van der Waals surface area contributed by atoms with Gasteiger partial charge in [-0.15, -0.1) is 0 Å². The third kappa shape index (κ3) is 15.0. The molecule has 0 saturated heterocycles. The average Bonchev–Trinajstić information content (AvgIpc) is 3.07. The summed E-state index contributed by atoms with van der Waals surface area (Å²) in [5.41, 5.74) is 7.43. The van der Waals surface area contributed by atoms with Gasteiger partial charge in [-0.2, -0.15) is 0 Å². The number of nitrogens with two attached hydrogens (primary N) is 1. The molecule has 0 spiro atoms. The van der Waals surface area contributed by atoms with Gasteiger partial charge in [0.15, 0.2) is 0 Å². The molecule has 0 aromatic heterocycles. The number of fused-ring (bicyclic) bond motifs is 1. The number of carbonyl (C=O) groups excluding carboxylic acids is 2. The minimum Gasteiger partial charge on any atom is -0.449 e. The van der Waals surface area contributed by atoms with Gasteiger partial charge in [0.25, 0.3) is 0 Å². The second kappa shape index (κ2) is 23.8. The molecule has 0 radical (unpaired) electrons. The molecule has 10 nitrogen and oxygen atoms in total. The second-order valence-corrected chi connectivity index (χ2v) is 16.2. The molecule has 4 N–H and O–H groups in total. The highest BCUT2D eigenvalue weighted by atomic mass is 33.1. The highest BCUT2D eigenvalue weighted by Crippen LogP contribution is 2.36. The molecule has 0 aliphatic heterocycles. The van der Waals surface area contributed by atoms with Crippen LogP contribution < -0.4 is 20.7 Å². The lowest BCUT2D eigenvalue weighted by Gasteiger charge is -2.21. The van der Waals surface area contributed by atoms with Crippen molar-refractivity contribution >= 4 is 60.6 Å². The Balaban J connectivity index is 1.79. The first-order valence-corrected chi connectivity index (χ1v) is 21.0. The van der Waals surface area contributed by atoms with Crippen molar-refractivity contribution in [2.45, 2.75) is 89.4 Å². The van der Waals surface area contributed by atoms with Gasteiger partial charge < -0.3 is 25.6 Å². The molecule has 0 aliphatic carbocycles. The molecule has 48 heavy (non-hydrogen) atoms. The van der Waals surface area contributed by atoms with E-state index < -0.39 is 16.1 Å². The van der Waals surface area contributed by atoms with Crippen molar-refractivity contribution in [3.8, 4) is 0 Å². The van der Waals surface area contributed by atoms with Crippen LogP contribution in [0.15, 0.2) is 51.9 Å². The SMILES string of the molecule is CCCCCCCCCCCCSS/C(CCOC(=O)NCCNS(=O)(=O)c1cccc2c(N(C)C)cccc12)=C(/C)N(C=O)CCN. The van der Waals surface area contributed by atoms with E-state index in [1.165, 1.54) is 57.8 Å². The number of unbranched alkanes of at least 4 members (excludes halogenated alkanes) is 9. The molecular weight excluding hydrogens is 667 g/mol. The van der Waals surface area contributed by atoms with E-state index in [0.717, 1.165) is 40.3 Å². The van der Waals surface area contributed by atoms with Crippen LogP contribution in [0.3, 0.4) is 0 Å². The van der Waals surface area contributed by atoms with E-state index in [1.807, 2.05) is 44.1 Å². The first-order chi connectivity index (χ1) is 23.2. The summed E-state index contributed by atoms with van der Waals surface area (Å²) in [6, 6.07) is 10.8. The molecule has 2 aromatic carbocycles. The fourth-order valence-electron chi connectivity index (χ4n) is 5.25. The summed E-state index contributed by atoms with van der Waals surface area (Å²) < 4.78 is 34.2. The molecule has 0 saturated carbocycles. The normalized spacial score (nSPS) is 12.1. The number of rotatable bonds is 26. The van der Waals surface area contributed by atoms with E-state index in [9.17, 15) is 18.0 Å². The van der Waals surface area contributed by atoms with Crippen LogP contribution in [0.4, 0.5) is 10.5 Å². The maximum absolute atomic E-state index is 13.1. The van der Waals surface area contributed by atoms with Gasteiger partial charge in [0.05, 0.1) is 11.5 Å². The predicted octanol–water partition coefficient (Wildman–Crippen LogP) is 7.25. The molecule has 0 fully saturated rings. The predicted molar refractivity (Wildman–Crippen MR) is 204 cm³/mol. The number of carbonyl (C=O) groups is 2. The zero-order valence-corrected chi connectivity index (χ0v) is 31.7. The van der Waals surface area contributed by atoms with Gasteiger partial charge in [-0.3, -0.25) is 4.79 Å². The summed E-state index contributed by atoms with van der Waals surface area (Å²) in [7, 11) is 3.38. The first-order valence-electron chi connectivity index (χ1n) is 17.2. The van der Waals surface area contributed by atoms with E-state index in [4.69, 9.17) is 10.5 Å². The molecular formula is C35H57N5O5S3. The molecule has 2 amide bonds. The quantitative estimate of drug-likeness (QED) is 0.0521. The number of allylic oxidation sites excluding steroid dienone is 1. The number of anilines is 1. The monoisotopic (exact) mass is 723 g/mol. The maximum atomic E-state index is 13.1. The maximum Gasteiger partial charge on any atom is 0.407 e. The third-order valence-electron chi connectivity index (χ3n) is 7.95. The number of amides is 2. The van der Waals surface area contributed by atoms with Crippen molar-refractivity contribution in [2.24, 2.45) is 5.73 Å². The lowest BCUT2D eigenvalue weighted by atomic mass is 10.1. The number of hydrogen-bond acceptors (Lipinski definition) is 9. The zero-order valence-electron chi connectivity index (χ0n) is 29.3. The van der Waals surface area contributed by atoms with Gasteiger partial charge >= 0.3 is 6.09 Å². The molecule has 2 rings (SSSR count). The van der Waals surface area contributed by atoms with E-state index in [0.29, 0.717) is 24.9 Å². The van der Waals surface area contributed by atoms with E-state index in [-0.39, 0.29) is 24.6 Å². The zero-order chi connectivity index (χ0) is 35.2. The van der Waals surface area contributed by atoms with Crippen LogP contribution in [0.5, 0.6) is 0 Å². The number of hydrogen-bond donors (Lipinski definition) is 3. The Hall–Kier alpha value is -2.45. The van der Waals surface area contributed by atoms with Crippen molar-refractivity contribution in [3.63, 3.8) is 0 Å². The Kier molecular flexibility index (Phi) is 20.7. The van der Waals surface area contributed by atoms with Crippen LogP contribution in [0.25, 0.3) is 10.8 Å². The van der Waals surface area contributed by atoms with Crippen LogP contribution >= 0.6 is 21.6 Å². The number of alkyl carbamates (subject to hydrolysis) is 1. The summed E-state index contributed by atoms with van der Waals surface area (Å²) in [5.74, 6) is 1.00. The molecule has 0 bridgehead atoms. The smallest absolute Gasteiger partial charge is 0.407 e. The van der Waals surface area contributed by atoms with Crippen molar-refractivity contribution < 1.29 is 22.7 Å². The number of nitrogens with zero attached hydrogens (tertiary/aromatic N) is 2. The topological polar surface area (TPSA) is 134 Å². The van der Waals surface area contributed by atoms with Crippen LogP contribution in [0, 0.1) is 0 Å². The molecule has 0 unspecified atom stereocenters. The van der Waals surface area contributed by atoms with Crippen molar-refractivity contribution in [3.05, 3.63) is 47.0 Å². The fraction of sp³-hybridized carbons (Fsp3) is 0.600. The molecule has 0 atom stereocenters. The van der Waals surface area contributed by atoms with Crippen LogP contribution in [0.2, 0.25) is 0 Å². The highest BCUT2D eigenvalue weighted by Gasteiger charge is 2.18. The molecule has 0 heterocycles. The van der Waals surface area contributed by atoms with Crippen LogP contribution in [-0.4, -0.2) is 78.5 Å². The largest absolute Gasteiger partial charge is 0.449 e. The van der Waals surface area contributed by atoms with E-state index in [1.54, 1.807) is 44.7 Å². The number of nitrogens with one attached hydrogen (secondary N) is 2. The fourth-order valence-corrected chi connectivity index (χ4v) is 9.09. The van der Waals surface area contributed by atoms with Gasteiger partial charge in [-0.1, -0.05) is 111 Å². The Labute approximate surface area is 296 Å². The van der Waals surface area contributed by atoms with Gasteiger partial charge in [0, 0.05) is 79.5 Å². The van der Waals surface area contributed by atoms with Crippen LogP contribution in [0.1, 0.15) is 84.5 Å². The Morgan fingerprint density at radius 1 is 0.938 bits per heavy atom. The minimum absolute atomic E-state index is 0.00425. The lowest BCUT2D eigenvalue weighted by molar-refractivity contribution is -0.116. The Bertz CT molecular complexity index is 1390. The number of ether oxygens (including phenoxy) is 1. The minimum atomic E-state index is -3.82. The van der Waals surface area contributed by atoms with Crippen molar-refractivity contribution in [1.29, 1.82) is 0 Å². The molecule has 0 aliphatic rings. The summed E-state index contributed by atoms with van der Waals surface area (Å²) >= 11 is 0. The molecule has 270 valence electrons. The first kappa shape index (κ1) is 41.7.